The van der Waals surface area contributed by atoms with Crippen molar-refractivity contribution in [2.45, 2.75) is 57.3 Å². The van der Waals surface area contributed by atoms with Crippen molar-refractivity contribution in [3.05, 3.63) is 95.1 Å². The van der Waals surface area contributed by atoms with Crippen LogP contribution >= 0.6 is 0 Å². The maximum atomic E-state index is 11.7. The van der Waals surface area contributed by atoms with E-state index in [1.54, 1.807) is 24.4 Å². The van der Waals surface area contributed by atoms with Gasteiger partial charge in [-0.2, -0.15) is 0 Å². The first-order valence-electron chi connectivity index (χ1n) is 12.0. The zero-order valence-electron chi connectivity index (χ0n) is 19.4. The largest absolute Gasteiger partial charge is 0.478 e. The van der Waals surface area contributed by atoms with Gasteiger partial charge in [-0.3, -0.25) is 9.99 Å². The number of aromatic carboxylic acids is 1. The molecule has 3 aliphatic rings. The summed E-state index contributed by atoms with van der Waals surface area (Å²) < 4.78 is 0. The van der Waals surface area contributed by atoms with Crippen LogP contribution in [0.25, 0.3) is 0 Å². The highest BCUT2D eigenvalue weighted by atomic mass is 16.4. The molecular formula is C27H31N5O2. The van der Waals surface area contributed by atoms with Crippen molar-refractivity contribution < 1.29 is 9.90 Å². The van der Waals surface area contributed by atoms with Crippen LogP contribution in [0.4, 0.5) is 5.69 Å². The van der Waals surface area contributed by atoms with E-state index < -0.39 is 11.6 Å². The predicted octanol–water partition coefficient (Wildman–Crippen LogP) is 4.32. The van der Waals surface area contributed by atoms with E-state index in [1.807, 2.05) is 35.4 Å². The number of hydrogen-bond donors (Lipinski definition) is 3. The average Bonchev–Trinajstić information content (AvgIpc) is 3.50. The Labute approximate surface area is 200 Å². The molecule has 4 N–H and O–H groups in total. The lowest BCUT2D eigenvalue weighted by molar-refractivity contribution is 0.0697. The molecule has 34 heavy (non-hydrogen) atoms. The Kier molecular flexibility index (Phi) is 5.87. The van der Waals surface area contributed by atoms with Gasteiger partial charge in [0.05, 0.1) is 17.3 Å². The Morgan fingerprint density at radius 1 is 1.29 bits per heavy atom. The van der Waals surface area contributed by atoms with E-state index in [1.165, 1.54) is 24.1 Å². The van der Waals surface area contributed by atoms with Crippen molar-refractivity contribution in [1.29, 1.82) is 0 Å². The monoisotopic (exact) mass is 457 g/mol. The second kappa shape index (κ2) is 8.99. The first-order valence-corrected chi connectivity index (χ1v) is 12.0. The lowest BCUT2D eigenvalue weighted by atomic mass is 9.93. The highest BCUT2D eigenvalue weighted by Gasteiger charge is 2.39. The number of carbonyl (C=O) groups is 1. The van der Waals surface area contributed by atoms with Crippen LogP contribution in [0.3, 0.4) is 0 Å². The van der Waals surface area contributed by atoms with Crippen molar-refractivity contribution in [2.24, 2.45) is 5.73 Å². The zero-order chi connectivity index (χ0) is 23.7. The maximum absolute atomic E-state index is 11.7. The number of aromatic nitrogens is 1. The van der Waals surface area contributed by atoms with Crippen LogP contribution in [0, 0.1) is 0 Å². The Morgan fingerprint density at radius 3 is 2.82 bits per heavy atom. The van der Waals surface area contributed by atoms with Gasteiger partial charge in [-0.25, -0.2) is 4.79 Å². The van der Waals surface area contributed by atoms with Crippen LogP contribution in [-0.4, -0.2) is 32.8 Å². The second-order valence-electron chi connectivity index (χ2n) is 9.22. The number of fused-ring (bicyclic) bond motifs is 1. The van der Waals surface area contributed by atoms with Crippen LogP contribution in [0.2, 0.25) is 0 Å². The molecule has 0 saturated heterocycles. The number of pyridine rings is 1. The molecule has 1 aromatic heterocycles. The Hall–Kier alpha value is -3.58. The van der Waals surface area contributed by atoms with Crippen LogP contribution in [-0.2, 0) is 6.54 Å². The number of hydrazine groups is 1. The van der Waals surface area contributed by atoms with Crippen molar-refractivity contribution >= 4 is 11.7 Å². The van der Waals surface area contributed by atoms with E-state index in [0.29, 0.717) is 12.6 Å². The minimum absolute atomic E-state index is 0.230. The van der Waals surface area contributed by atoms with Crippen molar-refractivity contribution in [2.75, 3.05) is 4.90 Å². The molecule has 0 bridgehead atoms. The third-order valence-electron chi connectivity index (χ3n) is 6.98. The molecule has 2 aromatic rings. The van der Waals surface area contributed by atoms with Gasteiger partial charge in [0.2, 0.25) is 0 Å². The first kappa shape index (κ1) is 22.2. The molecule has 0 amide bonds. The summed E-state index contributed by atoms with van der Waals surface area (Å²) in [5, 5.41) is 11.9. The van der Waals surface area contributed by atoms with Gasteiger partial charge >= 0.3 is 5.97 Å². The zero-order valence-corrected chi connectivity index (χ0v) is 19.4. The molecule has 2 heterocycles. The Bertz CT molecular complexity index is 1170. The van der Waals surface area contributed by atoms with Gasteiger partial charge in [-0.15, -0.1) is 0 Å². The van der Waals surface area contributed by atoms with E-state index in [4.69, 9.17) is 5.73 Å². The second-order valence-corrected chi connectivity index (χ2v) is 9.22. The van der Waals surface area contributed by atoms with Crippen LogP contribution in [0.1, 0.15) is 54.9 Å². The summed E-state index contributed by atoms with van der Waals surface area (Å²) in [7, 11) is 0. The smallest absolute Gasteiger partial charge is 0.335 e. The molecule has 1 unspecified atom stereocenters. The summed E-state index contributed by atoms with van der Waals surface area (Å²) in [4.78, 5) is 18.0. The molecule has 0 spiro atoms. The molecule has 7 nitrogen and oxygen atoms in total. The lowest BCUT2D eigenvalue weighted by Crippen LogP contribution is -2.55. The molecule has 176 valence electrons. The molecule has 1 aliphatic heterocycles. The number of hydrogen-bond acceptors (Lipinski definition) is 6. The van der Waals surface area contributed by atoms with E-state index >= 15 is 0 Å². The number of nitrogens with two attached hydrogens (primary N) is 1. The number of anilines is 1. The number of nitrogens with one attached hydrogen (secondary N) is 1. The SMILES string of the molecule is CCC1=C2C=CC(N)(N(Cc3cccnc3)c3cccc(C(=O)O)c3)C=C2N(C2CCCC2)N1. The van der Waals surface area contributed by atoms with E-state index in [9.17, 15) is 9.90 Å². The third kappa shape index (κ3) is 4.07. The van der Waals surface area contributed by atoms with Crippen molar-refractivity contribution in [3.8, 4) is 0 Å². The minimum atomic E-state index is -0.961. The van der Waals surface area contributed by atoms with Gasteiger partial charge < -0.3 is 21.2 Å². The van der Waals surface area contributed by atoms with Gasteiger partial charge in [0, 0.05) is 35.9 Å². The van der Waals surface area contributed by atoms with Gasteiger partial charge in [-0.1, -0.05) is 38.0 Å². The average molecular weight is 458 g/mol. The summed E-state index contributed by atoms with van der Waals surface area (Å²) in [5.74, 6) is -0.961. The molecule has 1 fully saturated rings. The third-order valence-corrected chi connectivity index (χ3v) is 6.98. The molecule has 1 saturated carbocycles. The van der Waals surface area contributed by atoms with Gasteiger partial charge in [0.25, 0.3) is 0 Å². The number of rotatable bonds is 7. The van der Waals surface area contributed by atoms with Crippen LogP contribution < -0.4 is 16.1 Å². The first-order chi connectivity index (χ1) is 16.5. The molecule has 0 radical (unpaired) electrons. The number of carboxylic acids is 1. The molecule has 1 aromatic carbocycles. The fraction of sp³-hybridized carbons (Fsp3) is 0.333. The predicted molar refractivity (Wildman–Crippen MR) is 133 cm³/mol. The van der Waals surface area contributed by atoms with E-state index in [2.05, 4.69) is 34.5 Å². The topological polar surface area (TPSA) is 94.7 Å². The molecular weight excluding hydrogens is 426 g/mol. The molecule has 5 rings (SSSR count). The molecule has 1 atom stereocenters. The lowest BCUT2D eigenvalue weighted by Gasteiger charge is -2.42. The number of allylic oxidation sites excluding steroid dienone is 2. The van der Waals surface area contributed by atoms with Gasteiger partial charge in [-0.05, 0) is 61.2 Å². The van der Waals surface area contributed by atoms with Gasteiger partial charge in [0.15, 0.2) is 0 Å². The fourth-order valence-corrected chi connectivity index (χ4v) is 5.19. The van der Waals surface area contributed by atoms with Crippen LogP contribution in [0.5, 0.6) is 0 Å². The fourth-order valence-electron chi connectivity index (χ4n) is 5.19. The summed E-state index contributed by atoms with van der Waals surface area (Å²) in [6, 6.07) is 11.3. The quantitative estimate of drug-likeness (QED) is 0.533. The van der Waals surface area contributed by atoms with E-state index in [-0.39, 0.29) is 5.56 Å². The molecule has 2 aliphatic carbocycles. The highest BCUT2D eigenvalue weighted by molar-refractivity contribution is 5.89. The maximum Gasteiger partial charge on any atom is 0.335 e. The minimum Gasteiger partial charge on any atom is -0.478 e. The van der Waals surface area contributed by atoms with Crippen molar-refractivity contribution in [3.63, 3.8) is 0 Å². The Morgan fingerprint density at radius 2 is 2.12 bits per heavy atom. The van der Waals surface area contributed by atoms with E-state index in [0.717, 1.165) is 36.2 Å². The van der Waals surface area contributed by atoms with Crippen molar-refractivity contribution in [1.82, 2.24) is 15.4 Å². The summed E-state index contributed by atoms with van der Waals surface area (Å²) in [6.45, 7) is 2.65. The summed E-state index contributed by atoms with van der Waals surface area (Å²) in [6.07, 6.45) is 15.5. The summed E-state index contributed by atoms with van der Waals surface area (Å²) >= 11 is 0. The summed E-state index contributed by atoms with van der Waals surface area (Å²) in [5.41, 5.74) is 15.3. The van der Waals surface area contributed by atoms with Crippen LogP contribution in [0.15, 0.2) is 84.0 Å². The standard InChI is InChI=1S/C27H31N5O2/c1-2-24-23-12-13-27(28,16-25(23)32(30-24)21-9-3-4-10-21)31(18-19-7-6-14-29-17-19)22-11-5-8-20(15-22)26(33)34/h5-8,11-17,21,30H,2-4,9-10,18,28H2,1H3,(H,33,34). The number of benzene rings is 1. The molecule has 7 heteroatoms. The highest BCUT2D eigenvalue weighted by Crippen LogP contribution is 2.39. The normalized spacial score (nSPS) is 21.9. The number of carboxylic acid groups (broad SMARTS) is 1. The number of nitrogens with zero attached hydrogens (tertiary/aromatic N) is 3. The Balaban J connectivity index is 1.59. The van der Waals surface area contributed by atoms with Gasteiger partial charge in [0.1, 0.15) is 5.66 Å².